The third-order valence-electron chi connectivity index (χ3n) is 4.10. The van der Waals surface area contributed by atoms with Crippen LogP contribution in [0.1, 0.15) is 30.5 Å². The zero-order valence-electron chi connectivity index (χ0n) is 17.3. The molecular formula is C22H20F3N3O3S. The van der Waals surface area contributed by atoms with Gasteiger partial charge in [-0.3, -0.25) is 10.1 Å². The average molecular weight is 463 g/mol. The van der Waals surface area contributed by atoms with Gasteiger partial charge in [0.25, 0.3) is 5.91 Å². The monoisotopic (exact) mass is 463 g/mol. The van der Waals surface area contributed by atoms with E-state index in [1.807, 2.05) is 13.8 Å². The highest BCUT2D eigenvalue weighted by Gasteiger charge is 2.30. The van der Waals surface area contributed by atoms with Gasteiger partial charge in [0.15, 0.2) is 5.17 Å². The van der Waals surface area contributed by atoms with Crippen LogP contribution in [0.25, 0.3) is 6.08 Å². The standard InChI is InChI=1S/C22H20F3N3O3S/c1-3-30-17-9-8-15(18(12-17)31-4-2)13-26-28-21-27-20(29)19(32-21)11-14-6-5-7-16(10-14)22(23,24)25/h5-13H,3-4H2,1-2H3,(H,27,28,29)/b19-11-,26-13+. The Balaban J connectivity index is 1.75. The van der Waals surface area contributed by atoms with Crippen LogP contribution in [0, 0.1) is 0 Å². The number of alkyl halides is 3. The van der Waals surface area contributed by atoms with E-state index in [0.717, 1.165) is 23.9 Å². The van der Waals surface area contributed by atoms with E-state index in [4.69, 9.17) is 9.47 Å². The number of hydrogen-bond donors (Lipinski definition) is 1. The first kappa shape index (κ1) is 23.4. The van der Waals surface area contributed by atoms with Crippen molar-refractivity contribution in [3.63, 3.8) is 0 Å². The Hall–Kier alpha value is -3.27. The van der Waals surface area contributed by atoms with Gasteiger partial charge < -0.3 is 9.47 Å². The van der Waals surface area contributed by atoms with Crippen LogP contribution in [0.4, 0.5) is 13.2 Å². The van der Waals surface area contributed by atoms with Crippen molar-refractivity contribution >= 4 is 35.1 Å². The van der Waals surface area contributed by atoms with Crippen LogP contribution < -0.4 is 14.8 Å². The SMILES string of the molecule is CCOc1ccc(/C=N/N=C2\NC(=O)/C(=C/c3cccc(C(F)(F)F)c3)S2)c(OCC)c1. The van der Waals surface area contributed by atoms with Gasteiger partial charge in [-0.05, 0) is 61.5 Å². The molecule has 0 saturated carbocycles. The van der Waals surface area contributed by atoms with E-state index in [1.54, 1.807) is 18.2 Å². The third-order valence-corrected chi connectivity index (χ3v) is 5.00. The average Bonchev–Trinajstić information content (AvgIpc) is 3.08. The van der Waals surface area contributed by atoms with Crippen molar-refractivity contribution in [1.29, 1.82) is 0 Å². The Morgan fingerprint density at radius 2 is 1.88 bits per heavy atom. The second-order valence-corrected chi connectivity index (χ2v) is 7.43. The fourth-order valence-corrected chi connectivity index (χ4v) is 3.51. The van der Waals surface area contributed by atoms with Crippen molar-refractivity contribution in [1.82, 2.24) is 5.32 Å². The summed E-state index contributed by atoms with van der Waals surface area (Å²) in [6, 6.07) is 10.0. The summed E-state index contributed by atoms with van der Waals surface area (Å²) in [6.07, 6.45) is -1.60. The number of halogens is 3. The lowest BCUT2D eigenvalue weighted by molar-refractivity contribution is -0.137. The Labute approximate surface area is 187 Å². The fourth-order valence-electron chi connectivity index (χ4n) is 2.73. The Morgan fingerprint density at radius 1 is 1.09 bits per heavy atom. The van der Waals surface area contributed by atoms with Gasteiger partial charge in [-0.1, -0.05) is 12.1 Å². The lowest BCUT2D eigenvalue weighted by Gasteiger charge is -2.09. The molecule has 1 aliphatic heterocycles. The molecule has 32 heavy (non-hydrogen) atoms. The summed E-state index contributed by atoms with van der Waals surface area (Å²) in [7, 11) is 0. The number of carbonyl (C=O) groups excluding carboxylic acids is 1. The number of carbonyl (C=O) groups is 1. The predicted octanol–water partition coefficient (Wildman–Crippen LogP) is 5.10. The topological polar surface area (TPSA) is 72.3 Å². The van der Waals surface area contributed by atoms with E-state index in [-0.39, 0.29) is 15.6 Å². The molecule has 2 aromatic rings. The molecule has 1 fully saturated rings. The molecule has 0 atom stereocenters. The van der Waals surface area contributed by atoms with E-state index in [1.165, 1.54) is 24.4 Å². The zero-order chi connectivity index (χ0) is 23.1. The molecule has 6 nitrogen and oxygen atoms in total. The van der Waals surface area contributed by atoms with Crippen LogP contribution >= 0.6 is 11.8 Å². The Kier molecular flexibility index (Phi) is 7.57. The van der Waals surface area contributed by atoms with Crippen molar-refractivity contribution in [2.75, 3.05) is 13.2 Å². The van der Waals surface area contributed by atoms with Gasteiger partial charge in [0.2, 0.25) is 0 Å². The number of hydrogen-bond acceptors (Lipinski definition) is 6. The summed E-state index contributed by atoms with van der Waals surface area (Å²) in [5.74, 6) is 0.787. The Morgan fingerprint density at radius 3 is 2.59 bits per heavy atom. The molecule has 0 unspecified atom stereocenters. The lowest BCUT2D eigenvalue weighted by Crippen LogP contribution is -2.19. The number of rotatable bonds is 7. The van der Waals surface area contributed by atoms with Crippen molar-refractivity contribution in [3.8, 4) is 11.5 Å². The van der Waals surface area contributed by atoms with Crippen molar-refractivity contribution in [3.05, 3.63) is 64.1 Å². The molecule has 10 heteroatoms. The predicted molar refractivity (Wildman–Crippen MR) is 119 cm³/mol. The largest absolute Gasteiger partial charge is 0.494 e. The second kappa shape index (κ2) is 10.4. The molecule has 0 aliphatic carbocycles. The molecule has 0 aromatic heterocycles. The maximum absolute atomic E-state index is 12.9. The van der Waals surface area contributed by atoms with E-state index < -0.39 is 17.6 Å². The summed E-state index contributed by atoms with van der Waals surface area (Å²) in [6.45, 7) is 4.73. The van der Waals surface area contributed by atoms with Gasteiger partial charge >= 0.3 is 6.18 Å². The third kappa shape index (κ3) is 6.13. The normalized spacial score (nSPS) is 16.7. The molecule has 1 heterocycles. The molecular weight excluding hydrogens is 443 g/mol. The molecule has 2 aromatic carbocycles. The van der Waals surface area contributed by atoms with Crippen LogP contribution in [0.5, 0.6) is 11.5 Å². The fraction of sp³-hybridized carbons (Fsp3) is 0.227. The number of nitrogens with zero attached hydrogens (tertiary/aromatic N) is 2. The number of thioether (sulfide) groups is 1. The highest BCUT2D eigenvalue weighted by molar-refractivity contribution is 8.18. The van der Waals surface area contributed by atoms with Crippen LogP contribution in [0.3, 0.4) is 0 Å². The van der Waals surface area contributed by atoms with Gasteiger partial charge in [0.05, 0.1) is 29.9 Å². The minimum absolute atomic E-state index is 0.216. The number of amidine groups is 1. The van der Waals surface area contributed by atoms with E-state index in [2.05, 4.69) is 15.5 Å². The van der Waals surface area contributed by atoms with E-state index in [9.17, 15) is 18.0 Å². The van der Waals surface area contributed by atoms with Crippen LogP contribution in [0.2, 0.25) is 0 Å². The highest BCUT2D eigenvalue weighted by atomic mass is 32.2. The molecule has 0 spiro atoms. The van der Waals surface area contributed by atoms with Crippen molar-refractivity contribution in [2.24, 2.45) is 10.2 Å². The first-order valence-electron chi connectivity index (χ1n) is 9.69. The smallest absolute Gasteiger partial charge is 0.416 e. The molecule has 1 N–H and O–H groups in total. The summed E-state index contributed by atoms with van der Waals surface area (Å²) in [5, 5.41) is 10.7. The number of amides is 1. The Bertz CT molecular complexity index is 1080. The maximum atomic E-state index is 12.9. The molecule has 0 bridgehead atoms. The second-order valence-electron chi connectivity index (χ2n) is 6.40. The molecule has 1 aliphatic rings. The van der Waals surface area contributed by atoms with Crippen molar-refractivity contribution < 1.29 is 27.4 Å². The first-order chi connectivity index (χ1) is 15.3. The van der Waals surface area contributed by atoms with Crippen LogP contribution in [0.15, 0.2) is 57.6 Å². The number of ether oxygens (including phenoxy) is 2. The summed E-state index contributed by atoms with van der Waals surface area (Å²) in [4.78, 5) is 12.4. The maximum Gasteiger partial charge on any atom is 0.416 e. The summed E-state index contributed by atoms with van der Waals surface area (Å²) < 4.78 is 49.7. The van der Waals surface area contributed by atoms with E-state index >= 15 is 0 Å². The van der Waals surface area contributed by atoms with Gasteiger partial charge in [-0.25, -0.2) is 0 Å². The summed E-state index contributed by atoms with van der Waals surface area (Å²) in [5.41, 5.74) is 0.154. The minimum atomic E-state index is -4.46. The molecule has 1 saturated heterocycles. The molecule has 168 valence electrons. The van der Waals surface area contributed by atoms with Gasteiger partial charge in [-0.2, -0.15) is 18.3 Å². The van der Waals surface area contributed by atoms with Crippen LogP contribution in [-0.4, -0.2) is 30.5 Å². The minimum Gasteiger partial charge on any atom is -0.494 e. The zero-order valence-corrected chi connectivity index (χ0v) is 18.1. The number of nitrogens with one attached hydrogen (secondary N) is 1. The van der Waals surface area contributed by atoms with Gasteiger partial charge in [-0.15, -0.1) is 5.10 Å². The van der Waals surface area contributed by atoms with Crippen LogP contribution in [-0.2, 0) is 11.0 Å². The lowest BCUT2D eigenvalue weighted by atomic mass is 10.1. The quantitative estimate of drug-likeness (QED) is 0.352. The van der Waals surface area contributed by atoms with Crippen molar-refractivity contribution in [2.45, 2.75) is 20.0 Å². The molecule has 1 amide bonds. The van der Waals surface area contributed by atoms with Gasteiger partial charge in [0.1, 0.15) is 11.5 Å². The van der Waals surface area contributed by atoms with E-state index in [0.29, 0.717) is 30.3 Å². The molecule has 3 rings (SSSR count). The summed E-state index contributed by atoms with van der Waals surface area (Å²) >= 11 is 0.990. The number of benzene rings is 2. The molecule has 0 radical (unpaired) electrons. The van der Waals surface area contributed by atoms with Gasteiger partial charge in [0, 0.05) is 11.6 Å². The highest BCUT2D eigenvalue weighted by Crippen LogP contribution is 2.31. The first-order valence-corrected chi connectivity index (χ1v) is 10.5.